The van der Waals surface area contributed by atoms with Crippen molar-refractivity contribution in [2.75, 3.05) is 184 Å². The predicted molar refractivity (Wildman–Crippen MR) is 313 cm³/mol. The summed E-state index contributed by atoms with van der Waals surface area (Å²) in [5.41, 5.74) is 5.67. The second-order valence-corrected chi connectivity index (χ2v) is 31.4. The molecule has 0 N–H and O–H groups in total. The Bertz CT molecular complexity index is 2210. The number of nitrogens with zero attached hydrogens (tertiary/aromatic N) is 13. The van der Waals surface area contributed by atoms with Crippen molar-refractivity contribution in [1.29, 1.82) is 0 Å². The number of likely N-dealkylation sites (tertiary alicyclic amines) is 6. The van der Waals surface area contributed by atoms with E-state index < -0.39 is 19.8 Å². The summed E-state index contributed by atoms with van der Waals surface area (Å²) in [5.74, 6) is 3.83. The molecule has 0 unspecified atom stereocenters. The summed E-state index contributed by atoms with van der Waals surface area (Å²) in [4.78, 5) is 41.6. The van der Waals surface area contributed by atoms with E-state index in [1.807, 2.05) is 6.20 Å². The summed E-state index contributed by atoms with van der Waals surface area (Å²) < 4.78 is 4.03. The molecule has 406 valence electrons. The fourth-order valence-corrected chi connectivity index (χ4v) is 20.8. The van der Waals surface area contributed by atoms with Gasteiger partial charge in [0, 0.05) is 12.7 Å². The van der Waals surface area contributed by atoms with Gasteiger partial charge in [0.2, 0.25) is 0 Å². The quantitative estimate of drug-likeness (QED) is 0.0914. The SMILES string of the molecule is Cc1ccc(N2CCC(CN3CCC4(CC3)CN(CI(Cc3cnc(N5CCC6(CCN(CC7CCN(C)CC7)CC6)CC5)nc3)c3ccc(N5CCN(CN6CC7(CCN(C)CC7)C6)CC5)cc3)C4)CC2)nc1. The van der Waals surface area contributed by atoms with Gasteiger partial charge in [0.1, 0.15) is 5.82 Å². The first-order valence-electron chi connectivity index (χ1n) is 29.8. The number of piperidine rings is 6. The largest absolute Gasteiger partial charge is 0.239 e. The number of hydrogen-bond donors (Lipinski definition) is 0. The molecule has 1 aromatic carbocycles. The maximum atomic E-state index is 5.14. The van der Waals surface area contributed by atoms with Gasteiger partial charge >= 0.3 is 327 Å². The Morgan fingerprint density at radius 1 is 0.473 bits per heavy atom. The zero-order valence-corrected chi connectivity index (χ0v) is 48.4. The first-order valence-corrected chi connectivity index (χ1v) is 33.9. The first-order chi connectivity index (χ1) is 36.1. The van der Waals surface area contributed by atoms with Crippen LogP contribution in [-0.4, -0.2) is 219 Å². The molecular weight excluding hydrogens is 1030 g/mol. The number of aromatic nitrogens is 3. The van der Waals surface area contributed by atoms with Crippen molar-refractivity contribution in [2.24, 2.45) is 28.1 Å². The fourth-order valence-electron chi connectivity index (χ4n) is 15.2. The van der Waals surface area contributed by atoms with E-state index in [0.717, 1.165) is 74.0 Å². The maximum Gasteiger partial charge on any atom is 0.0321 e. The molecule has 12 rings (SSSR count). The molecule has 9 aliphatic heterocycles. The molecule has 2 aromatic heterocycles. The molecule has 9 fully saturated rings. The Balaban J connectivity index is 0.632. The third-order valence-electron chi connectivity index (χ3n) is 20.5. The van der Waals surface area contributed by atoms with Gasteiger partial charge in [0.25, 0.3) is 0 Å². The van der Waals surface area contributed by atoms with Crippen molar-refractivity contribution in [1.82, 2.24) is 49.3 Å². The van der Waals surface area contributed by atoms with Crippen LogP contribution >= 0.6 is 19.8 Å². The van der Waals surface area contributed by atoms with E-state index in [4.69, 9.17) is 15.0 Å². The van der Waals surface area contributed by atoms with Crippen molar-refractivity contribution in [3.05, 3.63) is 69.7 Å². The van der Waals surface area contributed by atoms with Gasteiger partial charge in [-0.1, -0.05) is 6.07 Å². The molecule has 0 aliphatic carbocycles. The van der Waals surface area contributed by atoms with E-state index in [-0.39, 0.29) is 0 Å². The van der Waals surface area contributed by atoms with Gasteiger partial charge in [0.05, 0.1) is 0 Å². The Kier molecular flexibility index (Phi) is 16.1. The third-order valence-corrected chi connectivity index (χ3v) is 26.6. The molecule has 14 heteroatoms. The predicted octanol–water partition coefficient (Wildman–Crippen LogP) is 7.46. The molecule has 74 heavy (non-hydrogen) atoms. The van der Waals surface area contributed by atoms with Gasteiger partial charge in [-0.25, -0.2) is 4.98 Å². The molecule has 0 saturated carbocycles. The standard InChI is InChI=1S/C60H94IN13/c1-50-4-9-56(62-39-50)73-24-12-52(13-25-73)43-68-30-18-60(19-31-68)44-70(45-60)48-61(54-5-7-55(8-6-54)72-36-34-69(35-37-72)49-71-46-59(47-71)14-26-66(3)27-15-59)38-53-40-63-57(64-41-53)74-32-20-58(21-33-74)16-28-67(29-17-58)42-51-10-22-65(2)23-11-51/h4-9,39-41,51-52H,10-38,42-49H2,1-3H3. The number of rotatable bonds is 14. The number of alkyl halides is 2. The second-order valence-electron chi connectivity index (χ2n) is 26.1. The summed E-state index contributed by atoms with van der Waals surface area (Å²) in [6, 6.07) is 14.5. The average molecular weight is 1120 g/mol. The van der Waals surface area contributed by atoms with Crippen LogP contribution in [0.5, 0.6) is 0 Å². The number of pyridine rings is 1. The first kappa shape index (κ1) is 52.0. The van der Waals surface area contributed by atoms with E-state index in [2.05, 4.69) is 119 Å². The molecule has 3 aromatic rings. The Morgan fingerprint density at radius 2 is 1.01 bits per heavy atom. The minimum atomic E-state index is -1.64. The summed E-state index contributed by atoms with van der Waals surface area (Å²) in [6.45, 7) is 30.4. The van der Waals surface area contributed by atoms with Crippen LogP contribution in [0, 0.1) is 38.6 Å². The number of hydrogen-bond acceptors (Lipinski definition) is 13. The summed E-state index contributed by atoms with van der Waals surface area (Å²) >= 11 is -1.64. The molecule has 0 atom stereocenters. The van der Waals surface area contributed by atoms with Crippen LogP contribution in [0.4, 0.5) is 17.5 Å². The Hall–Kier alpha value is -2.70. The van der Waals surface area contributed by atoms with Gasteiger partial charge in [-0.3, -0.25) is 0 Å². The van der Waals surface area contributed by atoms with Crippen molar-refractivity contribution < 1.29 is 0 Å². The average Bonchev–Trinajstić information content (AvgIpc) is 3.41. The van der Waals surface area contributed by atoms with Crippen LogP contribution in [0.25, 0.3) is 0 Å². The molecule has 11 heterocycles. The second kappa shape index (κ2) is 22.9. The zero-order chi connectivity index (χ0) is 50.1. The molecule has 9 saturated heterocycles. The summed E-state index contributed by atoms with van der Waals surface area (Å²) in [7, 11) is 4.57. The molecule has 0 bridgehead atoms. The van der Waals surface area contributed by atoms with E-state index in [1.165, 1.54) is 203 Å². The van der Waals surface area contributed by atoms with Crippen molar-refractivity contribution in [2.45, 2.75) is 88.4 Å². The van der Waals surface area contributed by atoms with Crippen molar-refractivity contribution in [3.63, 3.8) is 0 Å². The van der Waals surface area contributed by atoms with Crippen LogP contribution in [0.2, 0.25) is 0 Å². The Morgan fingerprint density at radius 3 is 1.61 bits per heavy atom. The zero-order valence-electron chi connectivity index (χ0n) is 46.2. The number of halogens is 1. The minimum Gasteiger partial charge on any atom is -0.239 e. The molecule has 3 spiro atoms. The van der Waals surface area contributed by atoms with Gasteiger partial charge in [0.15, 0.2) is 0 Å². The Labute approximate surface area is 454 Å². The van der Waals surface area contributed by atoms with Gasteiger partial charge < -0.3 is 9.80 Å². The van der Waals surface area contributed by atoms with Crippen LogP contribution in [0.15, 0.2) is 55.0 Å². The van der Waals surface area contributed by atoms with Crippen LogP contribution in [0.3, 0.4) is 0 Å². The summed E-state index contributed by atoms with van der Waals surface area (Å²) in [5, 5.41) is 0. The molecular formula is C60H94IN13. The number of anilines is 3. The molecule has 9 aliphatic rings. The van der Waals surface area contributed by atoms with Crippen LogP contribution in [-0.2, 0) is 4.43 Å². The summed E-state index contributed by atoms with van der Waals surface area (Å²) in [6.07, 6.45) is 22.6. The number of aryl methyl sites for hydroxylation is 1. The molecule has 0 radical (unpaired) electrons. The van der Waals surface area contributed by atoms with Crippen molar-refractivity contribution in [3.8, 4) is 0 Å². The third kappa shape index (κ3) is 12.4. The van der Waals surface area contributed by atoms with E-state index in [1.54, 1.807) is 3.57 Å². The normalized spacial score (nSPS) is 26.5. The minimum absolute atomic E-state index is 0.524. The van der Waals surface area contributed by atoms with Crippen LogP contribution in [0.1, 0.15) is 88.2 Å². The topological polar surface area (TPSA) is 71.1 Å². The maximum absolute atomic E-state index is 5.14. The van der Waals surface area contributed by atoms with Gasteiger partial charge in [-0.2, -0.15) is 0 Å². The number of benzene rings is 1. The van der Waals surface area contributed by atoms with E-state index >= 15 is 0 Å². The monoisotopic (exact) mass is 1120 g/mol. The van der Waals surface area contributed by atoms with E-state index in [0.29, 0.717) is 16.2 Å². The molecule has 13 nitrogen and oxygen atoms in total. The van der Waals surface area contributed by atoms with Crippen LogP contribution < -0.4 is 14.7 Å². The van der Waals surface area contributed by atoms with Crippen molar-refractivity contribution >= 4 is 37.3 Å². The molecule has 0 amide bonds. The fraction of sp³-hybridized carbons (Fsp3) is 0.750. The van der Waals surface area contributed by atoms with Gasteiger partial charge in [-0.05, 0) is 90.4 Å². The smallest absolute Gasteiger partial charge is 0.0321 e. The van der Waals surface area contributed by atoms with Gasteiger partial charge in [-0.15, -0.1) is 0 Å². The number of piperazine rings is 1. The van der Waals surface area contributed by atoms with E-state index in [9.17, 15) is 0 Å².